The maximum atomic E-state index is 6.48. The molecule has 1 aromatic rings. The summed E-state index contributed by atoms with van der Waals surface area (Å²) in [6.45, 7) is 1.04. The van der Waals surface area contributed by atoms with Crippen molar-refractivity contribution >= 4 is 0 Å². The fourth-order valence-electron chi connectivity index (χ4n) is 5.31. The molecule has 2 heterocycles. The Kier molecular flexibility index (Phi) is 2.52. The monoisotopic (exact) mass is 299 g/mol. The van der Waals surface area contributed by atoms with Crippen LogP contribution in [0.3, 0.4) is 0 Å². The van der Waals surface area contributed by atoms with E-state index in [-0.39, 0.29) is 17.6 Å². The highest BCUT2D eigenvalue weighted by Gasteiger charge is 2.63. The molecule has 1 aromatic carbocycles. The van der Waals surface area contributed by atoms with Gasteiger partial charge in [0, 0.05) is 30.0 Å². The number of piperidine rings is 1. The van der Waals surface area contributed by atoms with E-state index in [0.717, 1.165) is 30.9 Å². The zero-order chi connectivity index (χ0) is 14.9. The van der Waals surface area contributed by atoms with Gasteiger partial charge in [0.25, 0.3) is 0 Å². The van der Waals surface area contributed by atoms with Crippen LogP contribution in [0.4, 0.5) is 0 Å². The molecule has 2 bridgehead atoms. The van der Waals surface area contributed by atoms with Gasteiger partial charge in [-0.25, -0.2) is 0 Å². The molecule has 0 saturated carbocycles. The van der Waals surface area contributed by atoms with Crippen molar-refractivity contribution in [3.05, 3.63) is 35.4 Å². The summed E-state index contributed by atoms with van der Waals surface area (Å²) in [5.74, 6) is 2.30. The lowest BCUT2D eigenvalue weighted by molar-refractivity contribution is -0.0362. The van der Waals surface area contributed by atoms with Gasteiger partial charge in [0.15, 0.2) is 11.5 Å². The van der Waals surface area contributed by atoms with Crippen LogP contribution in [0.15, 0.2) is 24.3 Å². The third kappa shape index (κ3) is 1.32. The smallest absolute Gasteiger partial charge is 0.165 e. The summed E-state index contributed by atoms with van der Waals surface area (Å²) in [6.07, 6.45) is 6.78. The summed E-state index contributed by atoms with van der Waals surface area (Å²) in [5.41, 5.74) is 2.85. The molecule has 0 amide bonds. The Morgan fingerprint density at radius 1 is 1.27 bits per heavy atom. The van der Waals surface area contributed by atoms with Crippen molar-refractivity contribution in [2.45, 2.75) is 36.5 Å². The quantitative estimate of drug-likeness (QED) is 0.846. The van der Waals surface area contributed by atoms with Crippen LogP contribution in [-0.2, 0) is 16.6 Å². The lowest BCUT2D eigenvalue weighted by atomic mass is 9.53. The maximum Gasteiger partial charge on any atom is 0.165 e. The molecule has 1 spiro atoms. The molecule has 5 rings (SSSR count). The van der Waals surface area contributed by atoms with E-state index >= 15 is 0 Å². The molecule has 5 atom stereocenters. The number of nitrogens with one attached hydrogen (secondary N) is 1. The summed E-state index contributed by atoms with van der Waals surface area (Å²) in [4.78, 5) is 0. The molecular formula is C18H21NO3. The van der Waals surface area contributed by atoms with E-state index in [0.29, 0.717) is 12.0 Å². The summed E-state index contributed by atoms with van der Waals surface area (Å²) in [5, 5.41) is 3.71. The van der Waals surface area contributed by atoms with E-state index in [1.165, 1.54) is 11.1 Å². The van der Waals surface area contributed by atoms with E-state index in [2.05, 4.69) is 23.5 Å². The van der Waals surface area contributed by atoms with Crippen molar-refractivity contribution < 1.29 is 14.2 Å². The van der Waals surface area contributed by atoms with Crippen LogP contribution < -0.4 is 14.8 Å². The number of rotatable bonds is 2. The molecule has 2 aliphatic carbocycles. The molecule has 4 heteroatoms. The second-order valence-electron chi connectivity index (χ2n) is 6.84. The first-order valence-electron chi connectivity index (χ1n) is 8.11. The van der Waals surface area contributed by atoms with Gasteiger partial charge in [0.2, 0.25) is 0 Å². The summed E-state index contributed by atoms with van der Waals surface area (Å²) >= 11 is 0. The average Bonchev–Trinajstić information content (AvgIpc) is 2.88. The topological polar surface area (TPSA) is 39.7 Å². The Morgan fingerprint density at radius 2 is 2.18 bits per heavy atom. The SMILES string of the molecule is COc1ccc2c3c1O[C@H]1[C@@H](OC)C=CC4[C@@H](C2)NCCC341. The van der Waals surface area contributed by atoms with Gasteiger partial charge in [-0.1, -0.05) is 18.2 Å². The molecule has 1 fully saturated rings. The van der Waals surface area contributed by atoms with Crippen molar-refractivity contribution in [1.82, 2.24) is 5.32 Å². The minimum absolute atomic E-state index is 0.0121. The minimum Gasteiger partial charge on any atom is -0.493 e. The van der Waals surface area contributed by atoms with Gasteiger partial charge in [0.1, 0.15) is 12.2 Å². The lowest BCUT2D eigenvalue weighted by Gasteiger charge is -2.54. The van der Waals surface area contributed by atoms with Crippen LogP contribution in [0.5, 0.6) is 11.5 Å². The van der Waals surface area contributed by atoms with Gasteiger partial charge >= 0.3 is 0 Å². The number of ether oxygens (including phenoxy) is 3. The van der Waals surface area contributed by atoms with E-state index in [1.807, 2.05) is 6.07 Å². The minimum atomic E-state index is 0.0121. The van der Waals surface area contributed by atoms with E-state index in [4.69, 9.17) is 14.2 Å². The first-order valence-corrected chi connectivity index (χ1v) is 8.11. The number of methoxy groups -OCH3 is 2. The molecule has 22 heavy (non-hydrogen) atoms. The van der Waals surface area contributed by atoms with Crippen LogP contribution >= 0.6 is 0 Å². The van der Waals surface area contributed by atoms with Crippen molar-refractivity contribution in [3.8, 4) is 11.5 Å². The third-order valence-corrected chi connectivity index (χ3v) is 6.14. The predicted octanol–water partition coefficient (Wildman–Crippen LogP) is 1.81. The second-order valence-corrected chi connectivity index (χ2v) is 6.84. The molecule has 4 nitrogen and oxygen atoms in total. The van der Waals surface area contributed by atoms with Crippen molar-refractivity contribution in [2.24, 2.45) is 5.92 Å². The van der Waals surface area contributed by atoms with Crippen LogP contribution in [0.2, 0.25) is 0 Å². The fourth-order valence-corrected chi connectivity index (χ4v) is 5.31. The Bertz CT molecular complexity index is 671. The van der Waals surface area contributed by atoms with Gasteiger partial charge in [-0.3, -0.25) is 0 Å². The standard InChI is InChI=1S/C18H21NO3/c1-20-13-5-3-10-9-12-11-4-6-14(21-2)17-18(11,7-8-19-12)15(10)16(13)22-17/h3-6,11-12,14,17,19H,7-9H2,1-2H3/t11?,12-,14+,17+,18?/m1/s1. The molecular weight excluding hydrogens is 278 g/mol. The molecule has 1 saturated heterocycles. The number of hydrogen-bond acceptors (Lipinski definition) is 4. The molecule has 1 N–H and O–H groups in total. The Morgan fingerprint density at radius 3 is 3.00 bits per heavy atom. The van der Waals surface area contributed by atoms with Gasteiger partial charge in [-0.15, -0.1) is 0 Å². The van der Waals surface area contributed by atoms with Crippen LogP contribution in [-0.4, -0.2) is 39.0 Å². The van der Waals surface area contributed by atoms with E-state index in [9.17, 15) is 0 Å². The highest BCUT2D eigenvalue weighted by Crippen LogP contribution is 2.61. The highest BCUT2D eigenvalue weighted by molar-refractivity contribution is 5.62. The van der Waals surface area contributed by atoms with Crippen LogP contribution in [0, 0.1) is 5.92 Å². The zero-order valence-electron chi connectivity index (χ0n) is 13.0. The van der Waals surface area contributed by atoms with Gasteiger partial charge in [-0.05, 0) is 31.0 Å². The van der Waals surface area contributed by atoms with Crippen molar-refractivity contribution in [1.29, 1.82) is 0 Å². The molecule has 0 radical (unpaired) electrons. The van der Waals surface area contributed by atoms with Gasteiger partial charge < -0.3 is 19.5 Å². The Hall–Kier alpha value is -1.52. The van der Waals surface area contributed by atoms with E-state index in [1.54, 1.807) is 14.2 Å². The molecule has 2 unspecified atom stereocenters. The average molecular weight is 299 g/mol. The summed E-state index contributed by atoms with van der Waals surface area (Å²) in [7, 11) is 3.50. The molecule has 2 aliphatic heterocycles. The second kappa shape index (κ2) is 4.27. The summed E-state index contributed by atoms with van der Waals surface area (Å²) < 4.78 is 17.8. The predicted molar refractivity (Wildman–Crippen MR) is 82.6 cm³/mol. The zero-order valence-corrected chi connectivity index (χ0v) is 13.0. The molecule has 116 valence electrons. The highest BCUT2D eigenvalue weighted by atomic mass is 16.6. The first kappa shape index (κ1) is 13.0. The van der Waals surface area contributed by atoms with Gasteiger partial charge in [0.05, 0.1) is 7.11 Å². The van der Waals surface area contributed by atoms with E-state index < -0.39 is 0 Å². The number of hydrogen-bond donors (Lipinski definition) is 1. The molecule has 4 aliphatic rings. The fraction of sp³-hybridized carbons (Fsp3) is 0.556. The van der Waals surface area contributed by atoms with Gasteiger partial charge in [-0.2, -0.15) is 0 Å². The van der Waals surface area contributed by atoms with Crippen molar-refractivity contribution in [2.75, 3.05) is 20.8 Å². The molecule has 0 aromatic heterocycles. The largest absolute Gasteiger partial charge is 0.493 e. The number of benzene rings is 1. The summed E-state index contributed by atoms with van der Waals surface area (Å²) in [6, 6.07) is 4.77. The lowest BCUT2D eigenvalue weighted by Crippen LogP contribution is -2.64. The normalized spacial score (nSPS) is 40.1. The van der Waals surface area contributed by atoms with Crippen molar-refractivity contribution in [3.63, 3.8) is 0 Å². The first-order chi connectivity index (χ1) is 10.8. The maximum absolute atomic E-state index is 6.48. The third-order valence-electron chi connectivity index (χ3n) is 6.14. The Labute approximate surface area is 130 Å². The van der Waals surface area contributed by atoms with Crippen LogP contribution in [0.1, 0.15) is 17.5 Å². The van der Waals surface area contributed by atoms with Crippen LogP contribution in [0.25, 0.3) is 0 Å². The Balaban J connectivity index is 1.81.